The highest BCUT2D eigenvalue weighted by Crippen LogP contribution is 2.28. The molecule has 0 radical (unpaired) electrons. The molecule has 0 atom stereocenters. The van der Waals surface area contributed by atoms with E-state index in [9.17, 15) is 42.4 Å². The molecule has 0 unspecified atom stereocenters. The fraction of sp³-hybridized carbons (Fsp3) is 0.202. The largest absolute Gasteiger partial charge is 0.542 e. The maximum Gasteiger partial charge on any atom is 0.430 e. The van der Waals surface area contributed by atoms with E-state index in [1.165, 1.54) is 55.6 Å². The second-order valence-corrected chi connectivity index (χ2v) is 35.3. The number of para-hydroxylation sites is 4. The maximum atomic E-state index is 11.2. The van der Waals surface area contributed by atoms with Crippen LogP contribution in [0.1, 0.15) is 119 Å². The molecule has 0 amide bonds. The Morgan fingerprint density at radius 1 is 0.468 bits per heavy atom. The van der Waals surface area contributed by atoms with Crippen molar-refractivity contribution < 1.29 is 56.0 Å². The summed E-state index contributed by atoms with van der Waals surface area (Å²) in [6.07, 6.45) is 10.6. The molecule has 6 aromatic heterocycles. The highest BCUT2D eigenvalue weighted by atomic mass is 79.9. The zero-order valence-corrected chi connectivity index (χ0v) is 80.3. The molecule has 6 heterocycles. The molecule has 0 saturated heterocycles. The number of hydrogen-bond donors (Lipinski definition) is 2. The van der Waals surface area contributed by atoms with Gasteiger partial charge >= 0.3 is 18.1 Å². The summed E-state index contributed by atoms with van der Waals surface area (Å²) in [5.74, 6) is -1.93. The van der Waals surface area contributed by atoms with E-state index in [-0.39, 0.29) is 5.75 Å². The van der Waals surface area contributed by atoms with Gasteiger partial charge in [-0.2, -0.15) is 47.6 Å². The summed E-state index contributed by atoms with van der Waals surface area (Å²) < 4.78 is 69.4. The quantitative estimate of drug-likeness (QED) is 0.0225. The van der Waals surface area contributed by atoms with Gasteiger partial charge in [-0.3, -0.25) is 14.7 Å². The van der Waals surface area contributed by atoms with Crippen molar-refractivity contribution in [2.75, 3.05) is 19.6 Å². The Kier molecular flexibility index (Phi) is 35.7. The monoisotopic (exact) mass is 2020 g/mol. The molecule has 2 N–H and O–H groups in total. The average Bonchev–Trinajstić information content (AvgIpc) is 1.63. The smallest absolute Gasteiger partial charge is 0.430 e. The number of alkyl halides is 5. The first-order valence-electron chi connectivity index (χ1n) is 44.7. The highest BCUT2D eigenvalue weighted by Gasteiger charge is 2.32. The molecule has 17 rings (SSSR count). The predicted molar refractivity (Wildman–Crippen MR) is 527 cm³/mol. The van der Waals surface area contributed by atoms with Crippen LogP contribution in [0.2, 0.25) is 0 Å². The number of carbonyl (C=O) groups is 2. The molecule has 0 aliphatic carbocycles. The Morgan fingerprint density at radius 3 is 1.29 bits per heavy atom. The number of imidazole rings is 1. The first-order chi connectivity index (χ1) is 68.0. The van der Waals surface area contributed by atoms with Crippen molar-refractivity contribution in [2.45, 2.75) is 117 Å². The van der Waals surface area contributed by atoms with Crippen LogP contribution in [0.3, 0.4) is 0 Å². The van der Waals surface area contributed by atoms with Gasteiger partial charge in [0.2, 0.25) is 5.52 Å². The Hall–Kier alpha value is -16.1. The third kappa shape index (κ3) is 29.7. The first kappa shape index (κ1) is 102. The second kappa shape index (κ2) is 49.3. The first-order valence-corrected chi connectivity index (χ1v) is 46.3. The van der Waals surface area contributed by atoms with Gasteiger partial charge in [0, 0.05) is 77.2 Å². The number of aryl methyl sites for hydroxylation is 2. The van der Waals surface area contributed by atoms with E-state index in [1.54, 1.807) is 25.0 Å². The number of phenols is 1. The van der Waals surface area contributed by atoms with E-state index < -0.39 is 24.0 Å². The normalized spacial score (nSPS) is 11.1. The summed E-state index contributed by atoms with van der Waals surface area (Å²) in [6.45, 7) is 12.2. The lowest BCUT2D eigenvalue weighted by molar-refractivity contribution is -0.662. The summed E-state index contributed by atoms with van der Waals surface area (Å²) >= 11 is 7.11. The van der Waals surface area contributed by atoms with Crippen molar-refractivity contribution in [3.63, 3.8) is 0 Å². The molecule has 0 spiro atoms. The number of carbonyl (C=O) groups excluding carboxylic acids is 1. The van der Waals surface area contributed by atoms with Crippen molar-refractivity contribution in [3.05, 3.63) is 426 Å². The number of pyridine rings is 2. The van der Waals surface area contributed by atoms with Crippen LogP contribution in [0.25, 0.3) is 32.8 Å². The summed E-state index contributed by atoms with van der Waals surface area (Å²) in [4.78, 5) is 30.0. The van der Waals surface area contributed by atoms with Crippen LogP contribution in [0, 0.1) is 64.6 Å². The molecule has 0 fully saturated rings. The Bertz CT molecular complexity index is 7310. The average molecular weight is 2020 g/mol. The van der Waals surface area contributed by atoms with E-state index in [0.29, 0.717) is 87.1 Å². The Labute approximate surface area is 828 Å². The highest BCUT2D eigenvalue weighted by molar-refractivity contribution is 9.10. The number of fused-ring (bicyclic) bond motifs is 3. The van der Waals surface area contributed by atoms with Gasteiger partial charge in [-0.25, -0.2) is 18.9 Å². The number of aromatic hydroxyl groups is 1. The van der Waals surface area contributed by atoms with E-state index in [0.717, 1.165) is 129 Å². The standard InChI is InChI=1S/C37H33BrN7.C37H31BrN7.C30H28N6O.C3H4F2O2.C2HF3O2/c1-3-28-8-12-32(13-9-28)24-45-35-7-5-4-6-34(35)42(2)37(45)26-43(21-20-29-16-18-33(38)19-17-29)25-36-41-40-27-44(36)23-31-14-10-30(22-39)11-15-31;38-34-15-13-28(14-16-34)17-19-43(26-37-42-41-27-45(37)24-32-11-7-30(22-40)8-12-32)25-33-18-20-44(36-4-2-1-3-35(33)36)23-31-9-5-29(21-39)6-10-31;1-22-5-7-23(8-6-22)15-16-35(19-27-14-13-26-3-2-4-28(37)30(26)33-27)20-29-34-32-21-36(29)18-25-11-9-24(17-31)10-12-25;1-3(4,5)2(6)7;3-2(4,5)1(6)7/h1,4-19,27H,20-21,23-26H2,2H3;1-16,18,20,27H,17,19,23-26H2;2-14,21,37H,15-16,18-20H2,1H3;1H3,(H,6,7);(H,6,7)/q2*+1;;;/p-1. The number of benzene rings is 11. The van der Waals surface area contributed by atoms with Crippen LogP contribution in [0.5, 0.6) is 5.75 Å². The summed E-state index contributed by atoms with van der Waals surface area (Å²) in [7, 11) is 2.15. The van der Waals surface area contributed by atoms with Gasteiger partial charge in [-0.1, -0.05) is 195 Å². The molecular formula is C109H96Br2F5N20O5+. The topological polar surface area (TPSA) is 320 Å². The van der Waals surface area contributed by atoms with Gasteiger partial charge < -0.3 is 33.8 Å². The zero-order chi connectivity index (χ0) is 100.0. The summed E-state index contributed by atoms with van der Waals surface area (Å²) in [5, 5.41) is 91.5. The number of hydrogen-bond acceptors (Lipinski definition) is 18. The van der Waals surface area contributed by atoms with Gasteiger partial charge in [-0.15, -0.1) is 37.0 Å². The Morgan fingerprint density at radius 2 is 0.858 bits per heavy atom. The van der Waals surface area contributed by atoms with Gasteiger partial charge in [0.25, 0.3) is 5.82 Å². The van der Waals surface area contributed by atoms with Crippen molar-refractivity contribution >= 4 is 76.6 Å². The second-order valence-electron chi connectivity index (χ2n) is 33.5. The minimum atomic E-state index is -5.19. The molecule has 141 heavy (non-hydrogen) atoms. The van der Waals surface area contributed by atoms with Crippen LogP contribution < -0.4 is 14.2 Å². The molecular weight excluding hydrogens is 1920 g/mol. The third-order valence-corrected chi connectivity index (χ3v) is 24.3. The molecule has 32 heteroatoms. The number of nitriles is 4. The van der Waals surface area contributed by atoms with Crippen molar-refractivity contribution in [3.8, 4) is 42.4 Å². The minimum Gasteiger partial charge on any atom is -0.542 e. The third-order valence-electron chi connectivity index (χ3n) is 23.2. The molecule has 0 bridgehead atoms. The number of carboxylic acid groups (broad SMARTS) is 2. The van der Waals surface area contributed by atoms with Gasteiger partial charge in [0.05, 0.1) is 104 Å². The van der Waals surface area contributed by atoms with E-state index >= 15 is 0 Å². The van der Waals surface area contributed by atoms with Gasteiger partial charge in [-0.05, 0) is 186 Å². The molecule has 17 aromatic rings. The van der Waals surface area contributed by atoms with Crippen molar-refractivity contribution in [1.29, 1.82) is 21.0 Å². The maximum absolute atomic E-state index is 11.2. The lowest BCUT2D eigenvalue weighted by atomic mass is 10.1. The summed E-state index contributed by atoms with van der Waals surface area (Å²) in [5.41, 5.74) is 20.5. The number of aromatic nitrogens is 13. The summed E-state index contributed by atoms with van der Waals surface area (Å²) in [6, 6.07) is 102. The van der Waals surface area contributed by atoms with E-state index in [2.05, 4.69) is 290 Å². The Balaban J connectivity index is 0.000000167. The van der Waals surface area contributed by atoms with Crippen LogP contribution in [0.4, 0.5) is 22.0 Å². The molecule has 710 valence electrons. The molecule has 0 saturated carbocycles. The van der Waals surface area contributed by atoms with Crippen molar-refractivity contribution in [1.82, 2.24) is 68.5 Å². The van der Waals surface area contributed by atoms with E-state index in [1.807, 2.05) is 138 Å². The van der Waals surface area contributed by atoms with Gasteiger partial charge in [0.15, 0.2) is 23.8 Å². The SMILES string of the molecule is C#Cc1ccc(Cn2c(CN(CCc3ccc(Br)cc3)Cc3nncn3Cc3ccc(C#N)cc3)[n+](C)c3ccccc32)cc1.CC(F)(F)C(=O)O.Cc1ccc(CCN(Cc2ccc3cccc(O)c3n2)Cc2nncn2Cc2ccc(C#N)cc2)cc1.N#Cc1ccc(Cn2cnnc2CN(CCc2ccc(Br)cc2)Cc2cc[n+](Cc3ccc(C#N)cc3)c3ccccc23)cc1.O=C([O-])C(F)(F)F. The minimum absolute atomic E-state index is 0.188. The van der Waals surface area contributed by atoms with Gasteiger partial charge in [0.1, 0.15) is 66.8 Å². The lowest BCUT2D eigenvalue weighted by Crippen LogP contribution is -2.38. The van der Waals surface area contributed by atoms with Crippen LogP contribution in [-0.4, -0.2) is 122 Å². The van der Waals surface area contributed by atoms with Crippen molar-refractivity contribution in [2.24, 2.45) is 7.05 Å². The number of terminal acetylenes is 1. The van der Waals surface area contributed by atoms with E-state index in [4.69, 9.17) is 36.9 Å². The fourth-order valence-corrected chi connectivity index (χ4v) is 16.1. The molecule has 0 aliphatic heterocycles. The number of halogens is 7. The molecule has 25 nitrogen and oxygen atoms in total. The number of carboxylic acids is 2. The number of phenolic OH excluding ortho intramolecular Hbond substituents is 1. The van der Waals surface area contributed by atoms with Crippen LogP contribution in [0.15, 0.2) is 313 Å². The lowest BCUT2D eigenvalue weighted by Gasteiger charge is -2.23. The molecule has 0 aliphatic rings. The fourth-order valence-electron chi connectivity index (χ4n) is 15.5. The predicted octanol–water partition coefficient (Wildman–Crippen LogP) is 17.6. The number of aliphatic carboxylic acids is 2. The van der Waals surface area contributed by atoms with Crippen LogP contribution in [-0.2, 0) is 108 Å². The number of nitrogens with zero attached hydrogens (tertiary/aromatic N) is 20. The zero-order valence-electron chi connectivity index (χ0n) is 77.2. The molecule has 11 aromatic carbocycles. The number of rotatable bonds is 32. The van der Waals surface area contributed by atoms with Crippen LogP contribution >= 0.6 is 31.9 Å².